The molecule has 0 aromatic heterocycles. The highest BCUT2D eigenvalue weighted by Gasteiger charge is 2.18. The molecule has 4 nitrogen and oxygen atoms in total. The summed E-state index contributed by atoms with van der Waals surface area (Å²) < 4.78 is 45.5. The maximum Gasteiger partial charge on any atom is 0.338 e. The summed E-state index contributed by atoms with van der Waals surface area (Å²) in [5.41, 5.74) is 1.77. The van der Waals surface area contributed by atoms with Crippen LogP contribution in [0.3, 0.4) is 0 Å². The molecule has 0 aliphatic heterocycles. The normalized spacial score (nSPS) is 11.1. The lowest BCUT2D eigenvalue weighted by Crippen LogP contribution is -2.14. The third-order valence-corrected chi connectivity index (χ3v) is 4.36. The van der Waals surface area contributed by atoms with E-state index in [0.29, 0.717) is 17.3 Å². The summed E-state index contributed by atoms with van der Waals surface area (Å²) in [5.74, 6) is -4.28. The van der Waals surface area contributed by atoms with Crippen LogP contribution in [-0.2, 0) is 11.3 Å². The molecule has 0 amide bonds. The van der Waals surface area contributed by atoms with Gasteiger partial charge in [-0.05, 0) is 56.2 Å². The molecule has 0 atom stereocenters. The zero-order valence-electron chi connectivity index (χ0n) is 15.6. The fourth-order valence-corrected chi connectivity index (χ4v) is 2.33. The highest BCUT2D eigenvalue weighted by molar-refractivity contribution is 5.92. The van der Waals surface area contributed by atoms with Gasteiger partial charge in [-0.3, -0.25) is 0 Å². The third kappa shape index (κ3) is 4.67. The van der Waals surface area contributed by atoms with Gasteiger partial charge in [0.1, 0.15) is 12.4 Å². The molecule has 144 valence electrons. The van der Waals surface area contributed by atoms with E-state index in [1.807, 2.05) is 25.8 Å². The molecule has 0 saturated carbocycles. The van der Waals surface area contributed by atoms with E-state index in [9.17, 15) is 18.0 Å². The Labute approximate surface area is 156 Å². The number of esters is 1. The zero-order valence-corrected chi connectivity index (χ0v) is 15.6. The van der Waals surface area contributed by atoms with Gasteiger partial charge in [-0.2, -0.15) is 0 Å². The lowest BCUT2D eigenvalue weighted by molar-refractivity contribution is 0.0463. The number of ether oxygens (including phenoxy) is 1. The number of aliphatic imine (C=N–C) groups is 1. The second-order valence-corrected chi connectivity index (χ2v) is 6.10. The van der Waals surface area contributed by atoms with E-state index in [2.05, 4.69) is 4.99 Å². The van der Waals surface area contributed by atoms with E-state index < -0.39 is 35.6 Å². The first-order chi connectivity index (χ1) is 12.8. The number of nitrogens with zero attached hydrogens (tertiary/aromatic N) is 2. The van der Waals surface area contributed by atoms with Crippen LogP contribution in [0.15, 0.2) is 29.3 Å². The maximum atomic E-state index is 13.7. The SMILES string of the molecule is CCN(C)/C=N/c1ccc(C(=O)OCc2c(F)ccc(F)c2F)c(C)c1C. The summed E-state index contributed by atoms with van der Waals surface area (Å²) >= 11 is 0. The predicted molar refractivity (Wildman–Crippen MR) is 97.8 cm³/mol. The molecule has 0 bridgehead atoms. The van der Waals surface area contributed by atoms with Crippen LogP contribution in [0, 0.1) is 31.3 Å². The molecule has 0 aliphatic carbocycles. The molecule has 27 heavy (non-hydrogen) atoms. The van der Waals surface area contributed by atoms with Crippen molar-refractivity contribution in [1.29, 1.82) is 0 Å². The first-order valence-corrected chi connectivity index (χ1v) is 8.40. The van der Waals surface area contributed by atoms with E-state index in [-0.39, 0.29) is 5.56 Å². The van der Waals surface area contributed by atoms with Crippen molar-refractivity contribution in [2.45, 2.75) is 27.4 Å². The van der Waals surface area contributed by atoms with Gasteiger partial charge in [-0.25, -0.2) is 23.0 Å². The summed E-state index contributed by atoms with van der Waals surface area (Å²) in [6.07, 6.45) is 1.69. The molecule has 0 unspecified atom stereocenters. The number of hydrogen-bond acceptors (Lipinski definition) is 3. The molecule has 2 aromatic rings. The van der Waals surface area contributed by atoms with Crippen molar-refractivity contribution in [2.75, 3.05) is 13.6 Å². The second-order valence-electron chi connectivity index (χ2n) is 6.10. The van der Waals surface area contributed by atoms with E-state index in [4.69, 9.17) is 4.74 Å². The van der Waals surface area contributed by atoms with Gasteiger partial charge in [0.15, 0.2) is 11.6 Å². The van der Waals surface area contributed by atoms with Gasteiger partial charge in [0, 0.05) is 13.6 Å². The highest BCUT2D eigenvalue weighted by atomic mass is 19.2. The Balaban J connectivity index is 2.19. The van der Waals surface area contributed by atoms with Crippen LogP contribution < -0.4 is 0 Å². The molecule has 2 rings (SSSR count). The molecule has 0 N–H and O–H groups in total. The fraction of sp³-hybridized carbons (Fsp3) is 0.300. The molecule has 0 aliphatic rings. The van der Waals surface area contributed by atoms with Crippen molar-refractivity contribution in [1.82, 2.24) is 4.90 Å². The standard InChI is InChI=1S/C20H21F3N2O2/c1-5-25(4)11-24-18-9-6-14(12(2)13(18)3)20(26)27-10-15-16(21)7-8-17(22)19(15)23/h6-9,11H,5,10H2,1-4H3/b24-11+. The Bertz CT molecular complexity index is 882. The Morgan fingerprint density at radius 1 is 1.11 bits per heavy atom. The summed E-state index contributed by atoms with van der Waals surface area (Å²) in [7, 11) is 1.89. The highest BCUT2D eigenvalue weighted by Crippen LogP contribution is 2.25. The van der Waals surface area contributed by atoms with Gasteiger partial charge in [-0.1, -0.05) is 0 Å². The summed E-state index contributed by atoms with van der Waals surface area (Å²) in [6, 6.07) is 4.68. The van der Waals surface area contributed by atoms with E-state index >= 15 is 0 Å². The molecule has 7 heteroatoms. The first kappa shape index (κ1) is 20.5. The Morgan fingerprint density at radius 2 is 1.78 bits per heavy atom. The Morgan fingerprint density at radius 3 is 2.44 bits per heavy atom. The van der Waals surface area contributed by atoms with Gasteiger partial charge in [-0.15, -0.1) is 0 Å². The van der Waals surface area contributed by atoms with Crippen molar-refractivity contribution in [2.24, 2.45) is 4.99 Å². The van der Waals surface area contributed by atoms with Gasteiger partial charge in [0.2, 0.25) is 0 Å². The van der Waals surface area contributed by atoms with Crippen molar-refractivity contribution >= 4 is 18.0 Å². The largest absolute Gasteiger partial charge is 0.457 e. The van der Waals surface area contributed by atoms with Crippen molar-refractivity contribution < 1.29 is 22.7 Å². The number of benzene rings is 2. The average molecular weight is 378 g/mol. The van der Waals surface area contributed by atoms with Crippen LogP contribution >= 0.6 is 0 Å². The maximum absolute atomic E-state index is 13.7. The zero-order chi connectivity index (χ0) is 20.1. The van der Waals surface area contributed by atoms with Gasteiger partial charge >= 0.3 is 5.97 Å². The van der Waals surface area contributed by atoms with Gasteiger partial charge in [0.05, 0.1) is 23.2 Å². The van der Waals surface area contributed by atoms with Crippen LogP contribution in [-0.4, -0.2) is 30.8 Å². The van der Waals surface area contributed by atoms with E-state index in [1.165, 1.54) is 0 Å². The Kier molecular flexibility index (Phi) is 6.60. The molecule has 2 aromatic carbocycles. The fourth-order valence-electron chi connectivity index (χ4n) is 2.33. The summed E-state index contributed by atoms with van der Waals surface area (Å²) in [4.78, 5) is 18.6. The predicted octanol–water partition coefficient (Wildman–Crippen LogP) is 4.69. The monoisotopic (exact) mass is 378 g/mol. The lowest BCUT2D eigenvalue weighted by atomic mass is 10.0. The van der Waals surface area contributed by atoms with Crippen molar-refractivity contribution in [3.05, 3.63) is 64.0 Å². The van der Waals surface area contributed by atoms with Gasteiger partial charge < -0.3 is 9.64 Å². The first-order valence-electron chi connectivity index (χ1n) is 8.40. The number of carbonyl (C=O) groups is 1. The van der Waals surface area contributed by atoms with Gasteiger partial charge in [0.25, 0.3) is 0 Å². The number of halogens is 3. The van der Waals surface area contributed by atoms with Crippen LogP contribution in [0.2, 0.25) is 0 Å². The summed E-state index contributed by atoms with van der Waals surface area (Å²) in [5, 5.41) is 0. The number of carbonyl (C=O) groups excluding carboxylic acids is 1. The third-order valence-electron chi connectivity index (χ3n) is 4.36. The van der Waals surface area contributed by atoms with Crippen LogP contribution in [0.5, 0.6) is 0 Å². The minimum atomic E-state index is -1.36. The average Bonchev–Trinajstić information content (AvgIpc) is 2.65. The Hall–Kier alpha value is -2.83. The molecule has 0 heterocycles. The van der Waals surface area contributed by atoms with E-state index in [1.54, 1.807) is 25.4 Å². The molecule has 0 fully saturated rings. The number of rotatable bonds is 6. The quantitative estimate of drug-likeness (QED) is 0.317. The molecular weight excluding hydrogens is 357 g/mol. The second kappa shape index (κ2) is 8.70. The molecule has 0 radical (unpaired) electrons. The van der Waals surface area contributed by atoms with E-state index in [0.717, 1.165) is 18.2 Å². The van der Waals surface area contributed by atoms with Crippen molar-refractivity contribution in [3.8, 4) is 0 Å². The minimum absolute atomic E-state index is 0.257. The van der Waals surface area contributed by atoms with Crippen molar-refractivity contribution in [3.63, 3.8) is 0 Å². The smallest absolute Gasteiger partial charge is 0.338 e. The minimum Gasteiger partial charge on any atom is -0.457 e. The lowest BCUT2D eigenvalue weighted by Gasteiger charge is -2.13. The molecule has 0 spiro atoms. The van der Waals surface area contributed by atoms with Crippen LogP contribution in [0.25, 0.3) is 0 Å². The molecular formula is C20H21F3N2O2. The number of hydrogen-bond donors (Lipinski definition) is 0. The van der Waals surface area contributed by atoms with Crippen LogP contribution in [0.1, 0.15) is 34.0 Å². The topological polar surface area (TPSA) is 41.9 Å². The van der Waals surface area contributed by atoms with Crippen LogP contribution in [0.4, 0.5) is 18.9 Å². The summed E-state index contributed by atoms with van der Waals surface area (Å²) in [6.45, 7) is 5.65. The molecule has 0 saturated heterocycles.